The number of fused-ring (bicyclic) bond motifs is 4. The van der Waals surface area contributed by atoms with Crippen molar-refractivity contribution < 1.29 is 39.2 Å². The summed E-state index contributed by atoms with van der Waals surface area (Å²) in [6, 6.07) is 0. The molecule has 0 radical (unpaired) electrons. The number of cyclic esters (lactones) is 1. The normalized spacial score (nSPS) is 40.4. The number of rotatable bonds is 5. The molecule has 1 aliphatic heterocycles. The van der Waals surface area contributed by atoms with Crippen LogP contribution in [0.1, 0.15) is 59.3 Å². The van der Waals surface area contributed by atoms with E-state index in [0.29, 0.717) is 24.8 Å². The Bertz CT molecular complexity index is 904. The zero-order valence-electron chi connectivity index (χ0n) is 18.8. The molecule has 0 saturated heterocycles. The van der Waals surface area contributed by atoms with Gasteiger partial charge >= 0.3 is 17.9 Å². The molecule has 0 aromatic rings. The minimum Gasteiger partial charge on any atom is -0.481 e. The molecule has 0 spiro atoms. The topological polar surface area (TPSA) is 130 Å². The summed E-state index contributed by atoms with van der Waals surface area (Å²) in [7, 11) is 0. The molecule has 0 aromatic carbocycles. The molecule has 4 rings (SSSR count). The Balaban J connectivity index is 1.72. The summed E-state index contributed by atoms with van der Waals surface area (Å²) in [5.41, 5.74) is -2.60. The monoisotopic (exact) mass is 448 g/mol. The van der Waals surface area contributed by atoms with Crippen molar-refractivity contribution >= 4 is 17.9 Å². The first-order valence-corrected chi connectivity index (χ1v) is 11.4. The molecule has 0 aromatic heterocycles. The number of carbonyl (C=O) groups is 3. The van der Waals surface area contributed by atoms with E-state index in [4.69, 9.17) is 14.6 Å². The molecule has 1 heterocycles. The minimum atomic E-state index is -1.73. The van der Waals surface area contributed by atoms with Crippen LogP contribution in [0.25, 0.3) is 0 Å². The van der Waals surface area contributed by atoms with Crippen LogP contribution >= 0.6 is 0 Å². The van der Waals surface area contributed by atoms with Gasteiger partial charge in [-0.15, -0.1) is 0 Å². The predicted octanol–water partition coefficient (Wildman–Crippen LogP) is 2.13. The van der Waals surface area contributed by atoms with Crippen LogP contribution in [0.5, 0.6) is 0 Å². The van der Waals surface area contributed by atoms with E-state index in [1.165, 1.54) is 0 Å². The number of aliphatic hydroxyl groups is 2. The summed E-state index contributed by atoms with van der Waals surface area (Å²) in [4.78, 5) is 35.5. The van der Waals surface area contributed by atoms with Gasteiger partial charge in [-0.25, -0.2) is 4.79 Å². The third-order valence-corrected chi connectivity index (χ3v) is 8.37. The summed E-state index contributed by atoms with van der Waals surface area (Å²) >= 11 is 0. The molecular formula is C24H32O8. The van der Waals surface area contributed by atoms with Gasteiger partial charge in [0, 0.05) is 16.9 Å². The second kappa shape index (κ2) is 7.70. The lowest BCUT2D eigenvalue weighted by Gasteiger charge is -2.64. The number of carboxylic acid groups (broad SMARTS) is 1. The van der Waals surface area contributed by atoms with Crippen LogP contribution in [-0.4, -0.2) is 57.1 Å². The van der Waals surface area contributed by atoms with Crippen molar-refractivity contribution in [2.45, 2.75) is 76.6 Å². The van der Waals surface area contributed by atoms with Crippen LogP contribution in [0.15, 0.2) is 23.3 Å². The van der Waals surface area contributed by atoms with E-state index in [9.17, 15) is 24.6 Å². The van der Waals surface area contributed by atoms with Gasteiger partial charge in [0.1, 0.15) is 23.9 Å². The zero-order valence-corrected chi connectivity index (χ0v) is 18.8. The van der Waals surface area contributed by atoms with E-state index in [2.05, 4.69) is 0 Å². The SMILES string of the molecule is CC(C)C1C=C[C@@]2(O)[C@@]3(C)CCC4=C(COC4=O)C3CC[C@@]2(O)[C@@H]1OC(=O)CCC(=O)O. The van der Waals surface area contributed by atoms with Crippen LogP contribution in [-0.2, 0) is 23.9 Å². The van der Waals surface area contributed by atoms with Gasteiger partial charge in [0.25, 0.3) is 0 Å². The number of carboxylic acids is 1. The number of aliphatic carboxylic acids is 1. The van der Waals surface area contributed by atoms with Crippen molar-refractivity contribution in [2.24, 2.45) is 23.2 Å². The summed E-state index contributed by atoms with van der Waals surface area (Å²) in [5.74, 6) is -2.54. The lowest BCUT2D eigenvalue weighted by Crippen LogP contribution is -2.75. The Morgan fingerprint density at radius 2 is 1.97 bits per heavy atom. The molecular weight excluding hydrogens is 416 g/mol. The van der Waals surface area contributed by atoms with E-state index in [1.54, 1.807) is 6.08 Å². The Morgan fingerprint density at radius 1 is 1.25 bits per heavy atom. The molecule has 1 saturated carbocycles. The average molecular weight is 449 g/mol. The molecule has 2 unspecified atom stereocenters. The van der Waals surface area contributed by atoms with Crippen LogP contribution in [0.2, 0.25) is 0 Å². The number of ether oxygens (including phenoxy) is 2. The van der Waals surface area contributed by atoms with Gasteiger partial charge in [-0.3, -0.25) is 9.59 Å². The van der Waals surface area contributed by atoms with E-state index in [1.807, 2.05) is 26.8 Å². The van der Waals surface area contributed by atoms with Gasteiger partial charge < -0.3 is 24.8 Å². The smallest absolute Gasteiger partial charge is 0.334 e. The van der Waals surface area contributed by atoms with E-state index >= 15 is 0 Å². The van der Waals surface area contributed by atoms with Crippen molar-refractivity contribution in [3.8, 4) is 0 Å². The highest BCUT2D eigenvalue weighted by Gasteiger charge is 2.71. The van der Waals surface area contributed by atoms with Crippen molar-refractivity contribution in [3.05, 3.63) is 23.3 Å². The molecule has 1 fully saturated rings. The maximum atomic E-state index is 12.5. The summed E-state index contributed by atoms with van der Waals surface area (Å²) in [6.07, 6.45) is 3.48. The highest BCUT2D eigenvalue weighted by atomic mass is 16.6. The first-order valence-electron chi connectivity index (χ1n) is 11.4. The number of esters is 2. The van der Waals surface area contributed by atoms with Crippen molar-refractivity contribution in [2.75, 3.05) is 6.61 Å². The van der Waals surface area contributed by atoms with Crippen molar-refractivity contribution in [1.29, 1.82) is 0 Å². The Hall–Kier alpha value is -2.19. The van der Waals surface area contributed by atoms with Crippen molar-refractivity contribution in [3.63, 3.8) is 0 Å². The minimum absolute atomic E-state index is 0.0177. The van der Waals surface area contributed by atoms with E-state index < -0.39 is 34.7 Å². The van der Waals surface area contributed by atoms with Gasteiger partial charge in [0.2, 0.25) is 0 Å². The third kappa shape index (κ3) is 3.14. The number of hydrogen-bond donors (Lipinski definition) is 3. The maximum Gasteiger partial charge on any atom is 0.334 e. The zero-order chi connectivity index (χ0) is 23.5. The molecule has 6 atom stereocenters. The highest BCUT2D eigenvalue weighted by molar-refractivity contribution is 5.92. The molecule has 3 aliphatic carbocycles. The van der Waals surface area contributed by atoms with E-state index in [-0.39, 0.29) is 49.6 Å². The van der Waals surface area contributed by atoms with Crippen molar-refractivity contribution in [1.82, 2.24) is 0 Å². The summed E-state index contributed by atoms with van der Waals surface area (Å²) in [6.45, 7) is 6.05. The molecule has 0 bridgehead atoms. The second-order valence-electron chi connectivity index (χ2n) is 10.3. The maximum absolute atomic E-state index is 12.5. The van der Waals surface area contributed by atoms with E-state index in [0.717, 1.165) is 5.57 Å². The average Bonchev–Trinajstić information content (AvgIpc) is 3.09. The Labute approximate surface area is 187 Å². The van der Waals surface area contributed by atoms with Gasteiger partial charge in [0.15, 0.2) is 0 Å². The molecule has 8 heteroatoms. The van der Waals surface area contributed by atoms with Gasteiger partial charge in [-0.2, -0.15) is 0 Å². The Morgan fingerprint density at radius 3 is 2.62 bits per heavy atom. The largest absolute Gasteiger partial charge is 0.481 e. The number of hydrogen-bond acceptors (Lipinski definition) is 7. The fourth-order valence-corrected chi connectivity index (χ4v) is 6.48. The van der Waals surface area contributed by atoms with Crippen LogP contribution in [0.3, 0.4) is 0 Å². The third-order valence-electron chi connectivity index (χ3n) is 8.37. The van der Waals surface area contributed by atoms with Crippen LogP contribution in [0.4, 0.5) is 0 Å². The van der Waals surface area contributed by atoms with Gasteiger partial charge in [-0.1, -0.05) is 32.9 Å². The standard InChI is InChI=1S/C24H32O8/c1-13(2)14-7-11-24(30)22(3)9-6-15-16(12-31-21(15)28)17(22)8-10-23(24,29)20(14)32-19(27)5-4-18(25)26/h7,11,13-14,17,20,29-30H,4-6,8-10,12H2,1-3H3,(H,25,26)/t14?,17?,20-,22+,23-,24-/m1/s1. The quantitative estimate of drug-likeness (QED) is 0.431. The molecule has 8 nitrogen and oxygen atoms in total. The lowest BCUT2D eigenvalue weighted by molar-refractivity contribution is -0.277. The fraction of sp³-hybridized carbons (Fsp3) is 0.708. The molecule has 32 heavy (non-hydrogen) atoms. The summed E-state index contributed by atoms with van der Waals surface area (Å²) in [5, 5.41) is 33.1. The fourth-order valence-electron chi connectivity index (χ4n) is 6.48. The molecule has 176 valence electrons. The molecule has 3 N–H and O–H groups in total. The molecule has 4 aliphatic rings. The lowest BCUT2D eigenvalue weighted by atomic mass is 9.45. The summed E-state index contributed by atoms with van der Waals surface area (Å²) < 4.78 is 11.0. The Kier molecular flexibility index (Phi) is 5.53. The van der Waals surface area contributed by atoms with Gasteiger partial charge in [0.05, 0.1) is 12.8 Å². The van der Waals surface area contributed by atoms with Crippen LogP contribution in [0, 0.1) is 23.2 Å². The first kappa shape index (κ1) is 23.0. The van der Waals surface area contributed by atoms with Crippen LogP contribution < -0.4 is 0 Å². The second-order valence-corrected chi connectivity index (χ2v) is 10.3. The highest BCUT2D eigenvalue weighted by Crippen LogP contribution is 2.64. The predicted molar refractivity (Wildman–Crippen MR) is 112 cm³/mol. The van der Waals surface area contributed by atoms with Gasteiger partial charge in [-0.05, 0) is 43.1 Å². The molecule has 0 amide bonds. The first-order chi connectivity index (χ1) is 14.9. The number of carbonyl (C=O) groups excluding carboxylic acids is 2.